The predicted octanol–water partition coefficient (Wildman–Crippen LogP) is 3.15. The summed E-state index contributed by atoms with van der Waals surface area (Å²) in [6, 6.07) is 15.2. The molecule has 0 saturated carbocycles. The van der Waals surface area contributed by atoms with Crippen LogP contribution in [0.5, 0.6) is 0 Å². The minimum atomic E-state index is -0.567. The van der Waals surface area contributed by atoms with Gasteiger partial charge in [-0.15, -0.1) is 0 Å². The van der Waals surface area contributed by atoms with Gasteiger partial charge in [-0.2, -0.15) is 0 Å². The highest BCUT2D eigenvalue weighted by Gasteiger charge is 2.38. The van der Waals surface area contributed by atoms with Crippen LogP contribution in [0.3, 0.4) is 0 Å². The third-order valence-electron chi connectivity index (χ3n) is 4.65. The number of nitrogens with zero attached hydrogens (tertiary/aromatic N) is 1. The van der Waals surface area contributed by atoms with E-state index in [-0.39, 0.29) is 17.9 Å². The normalized spacial score (nSPS) is 16.7. The van der Waals surface area contributed by atoms with E-state index in [1.165, 1.54) is 5.56 Å². The largest absolute Gasteiger partial charge is 0.350 e. The molecule has 0 fully saturated rings. The van der Waals surface area contributed by atoms with Crippen molar-refractivity contribution in [1.29, 1.82) is 0 Å². The van der Waals surface area contributed by atoms with E-state index in [9.17, 15) is 9.59 Å². The third-order valence-corrected chi connectivity index (χ3v) is 4.65. The first kappa shape index (κ1) is 17.2. The smallest absolute Gasteiger partial charge is 0.247 e. The van der Waals surface area contributed by atoms with E-state index in [1.807, 2.05) is 69.3 Å². The molecule has 0 radical (unpaired) electrons. The molecule has 1 aliphatic heterocycles. The van der Waals surface area contributed by atoms with Crippen LogP contribution in [0.4, 0.5) is 0 Å². The SMILES string of the molecule is Cc1ccc(CNC(=O)[C@@H]2c3ccccc3CC(=O)N2C(C)C)cc1. The first-order chi connectivity index (χ1) is 12.0. The molecular formula is C21H24N2O2. The molecule has 3 rings (SSSR count). The number of rotatable bonds is 4. The fourth-order valence-electron chi connectivity index (χ4n) is 3.36. The number of hydrogen-bond acceptors (Lipinski definition) is 2. The highest BCUT2D eigenvalue weighted by atomic mass is 16.2. The molecular weight excluding hydrogens is 312 g/mol. The van der Waals surface area contributed by atoms with Gasteiger partial charge in [0, 0.05) is 12.6 Å². The summed E-state index contributed by atoms with van der Waals surface area (Å²) in [4.78, 5) is 27.2. The molecule has 2 aromatic carbocycles. The molecule has 25 heavy (non-hydrogen) atoms. The second-order valence-electron chi connectivity index (χ2n) is 6.88. The fraction of sp³-hybridized carbons (Fsp3) is 0.333. The lowest BCUT2D eigenvalue weighted by atomic mass is 9.90. The van der Waals surface area contributed by atoms with Crippen LogP contribution in [0.1, 0.15) is 42.1 Å². The molecule has 2 amide bonds. The topological polar surface area (TPSA) is 49.4 Å². The standard InChI is InChI=1S/C21H24N2O2/c1-14(2)23-19(24)12-17-6-4-5-7-18(17)20(23)21(25)22-13-16-10-8-15(3)9-11-16/h4-11,14,20H,12-13H2,1-3H3,(H,22,25)/t20-/m0/s1. The van der Waals surface area contributed by atoms with Crippen molar-refractivity contribution in [2.24, 2.45) is 0 Å². The molecule has 0 unspecified atom stereocenters. The molecule has 4 nitrogen and oxygen atoms in total. The second kappa shape index (κ2) is 7.09. The number of amides is 2. The van der Waals surface area contributed by atoms with Gasteiger partial charge in [0.05, 0.1) is 6.42 Å². The maximum Gasteiger partial charge on any atom is 0.247 e. The van der Waals surface area contributed by atoms with E-state index in [0.717, 1.165) is 16.7 Å². The number of carbonyl (C=O) groups excluding carboxylic acids is 2. The summed E-state index contributed by atoms with van der Waals surface area (Å²) in [6.07, 6.45) is 0.357. The molecule has 130 valence electrons. The number of aryl methyl sites for hydroxylation is 1. The van der Waals surface area contributed by atoms with E-state index < -0.39 is 6.04 Å². The lowest BCUT2D eigenvalue weighted by Gasteiger charge is -2.39. The maximum atomic E-state index is 13.0. The molecule has 1 atom stereocenters. The van der Waals surface area contributed by atoms with Crippen molar-refractivity contribution in [1.82, 2.24) is 10.2 Å². The monoisotopic (exact) mass is 336 g/mol. The van der Waals surface area contributed by atoms with E-state index >= 15 is 0 Å². The minimum Gasteiger partial charge on any atom is -0.350 e. The summed E-state index contributed by atoms with van der Waals surface area (Å²) >= 11 is 0. The van der Waals surface area contributed by atoms with Crippen LogP contribution >= 0.6 is 0 Å². The lowest BCUT2D eigenvalue weighted by molar-refractivity contribution is -0.143. The summed E-state index contributed by atoms with van der Waals surface area (Å²) in [5.41, 5.74) is 4.11. The van der Waals surface area contributed by atoms with Crippen molar-refractivity contribution in [3.63, 3.8) is 0 Å². The Hall–Kier alpha value is -2.62. The zero-order valence-corrected chi connectivity index (χ0v) is 15.0. The number of hydrogen-bond donors (Lipinski definition) is 1. The first-order valence-electron chi connectivity index (χ1n) is 8.69. The maximum absolute atomic E-state index is 13.0. The molecule has 1 aliphatic rings. The summed E-state index contributed by atoms with van der Waals surface area (Å²) in [5, 5.41) is 3.00. The Morgan fingerprint density at radius 2 is 1.84 bits per heavy atom. The predicted molar refractivity (Wildman–Crippen MR) is 97.9 cm³/mol. The Morgan fingerprint density at radius 3 is 2.52 bits per heavy atom. The Morgan fingerprint density at radius 1 is 1.16 bits per heavy atom. The van der Waals surface area contributed by atoms with Crippen molar-refractivity contribution in [3.05, 3.63) is 70.8 Å². The fourth-order valence-corrected chi connectivity index (χ4v) is 3.36. The molecule has 1 heterocycles. The van der Waals surface area contributed by atoms with E-state index in [4.69, 9.17) is 0 Å². The van der Waals surface area contributed by atoms with Crippen LogP contribution in [0.2, 0.25) is 0 Å². The van der Waals surface area contributed by atoms with Gasteiger partial charge in [0.15, 0.2) is 0 Å². The van der Waals surface area contributed by atoms with Crippen LogP contribution in [-0.4, -0.2) is 22.8 Å². The Balaban J connectivity index is 1.84. The number of nitrogens with one attached hydrogen (secondary N) is 1. The lowest BCUT2D eigenvalue weighted by Crippen LogP contribution is -2.50. The van der Waals surface area contributed by atoms with Crippen molar-refractivity contribution in [2.45, 2.75) is 45.8 Å². The van der Waals surface area contributed by atoms with Crippen LogP contribution in [-0.2, 0) is 22.6 Å². The zero-order chi connectivity index (χ0) is 18.0. The number of fused-ring (bicyclic) bond motifs is 1. The van der Waals surface area contributed by atoms with Crippen LogP contribution in [0.25, 0.3) is 0 Å². The third kappa shape index (κ3) is 3.58. The first-order valence-corrected chi connectivity index (χ1v) is 8.69. The van der Waals surface area contributed by atoms with Gasteiger partial charge in [-0.3, -0.25) is 9.59 Å². The van der Waals surface area contributed by atoms with Gasteiger partial charge in [-0.05, 0) is 37.5 Å². The highest BCUT2D eigenvalue weighted by Crippen LogP contribution is 2.32. The van der Waals surface area contributed by atoms with E-state index in [0.29, 0.717) is 13.0 Å². The Kier molecular flexibility index (Phi) is 4.88. The number of benzene rings is 2. The van der Waals surface area contributed by atoms with Crippen molar-refractivity contribution < 1.29 is 9.59 Å². The van der Waals surface area contributed by atoms with Crippen LogP contribution < -0.4 is 5.32 Å². The molecule has 2 aromatic rings. The minimum absolute atomic E-state index is 0.00388. The highest BCUT2D eigenvalue weighted by molar-refractivity contribution is 5.92. The summed E-state index contributed by atoms with van der Waals surface area (Å²) in [5.74, 6) is -0.126. The van der Waals surface area contributed by atoms with Gasteiger partial charge in [-0.1, -0.05) is 54.1 Å². The van der Waals surface area contributed by atoms with Crippen molar-refractivity contribution >= 4 is 11.8 Å². The molecule has 4 heteroatoms. The zero-order valence-electron chi connectivity index (χ0n) is 15.0. The molecule has 0 spiro atoms. The van der Waals surface area contributed by atoms with E-state index in [1.54, 1.807) is 4.90 Å². The van der Waals surface area contributed by atoms with Crippen LogP contribution in [0, 0.1) is 6.92 Å². The summed E-state index contributed by atoms with van der Waals surface area (Å²) in [6.45, 7) is 6.39. The summed E-state index contributed by atoms with van der Waals surface area (Å²) in [7, 11) is 0. The van der Waals surface area contributed by atoms with Crippen molar-refractivity contribution in [3.8, 4) is 0 Å². The van der Waals surface area contributed by atoms with Crippen molar-refractivity contribution in [2.75, 3.05) is 0 Å². The average Bonchev–Trinajstić information content (AvgIpc) is 2.59. The van der Waals surface area contributed by atoms with Gasteiger partial charge in [0.25, 0.3) is 0 Å². The molecule has 0 bridgehead atoms. The average molecular weight is 336 g/mol. The Labute approximate surface area is 148 Å². The molecule has 0 aromatic heterocycles. The molecule has 0 aliphatic carbocycles. The number of carbonyl (C=O) groups is 2. The summed E-state index contributed by atoms with van der Waals surface area (Å²) < 4.78 is 0. The van der Waals surface area contributed by atoms with Gasteiger partial charge in [0.2, 0.25) is 11.8 Å². The quantitative estimate of drug-likeness (QED) is 0.932. The molecule has 0 saturated heterocycles. The molecule has 1 N–H and O–H groups in total. The van der Waals surface area contributed by atoms with Gasteiger partial charge >= 0.3 is 0 Å². The Bertz CT molecular complexity index is 781. The second-order valence-corrected chi connectivity index (χ2v) is 6.88. The van der Waals surface area contributed by atoms with E-state index in [2.05, 4.69) is 5.32 Å². The van der Waals surface area contributed by atoms with Crippen LogP contribution in [0.15, 0.2) is 48.5 Å². The van der Waals surface area contributed by atoms with Gasteiger partial charge < -0.3 is 10.2 Å². The van der Waals surface area contributed by atoms with Gasteiger partial charge in [-0.25, -0.2) is 0 Å². The van der Waals surface area contributed by atoms with Gasteiger partial charge in [0.1, 0.15) is 6.04 Å².